The number of carboxylic acid groups (broad SMARTS) is 1. The van der Waals surface area contributed by atoms with Crippen LogP contribution in [0.3, 0.4) is 0 Å². The molecule has 0 aliphatic rings. The Balaban J connectivity index is 1.70. The van der Waals surface area contributed by atoms with Crippen LogP contribution in [0.4, 0.5) is 0 Å². The molecule has 2 aromatic carbocycles. The molecule has 0 spiro atoms. The third-order valence-electron chi connectivity index (χ3n) is 2.95. The van der Waals surface area contributed by atoms with Gasteiger partial charge in [0.15, 0.2) is 12.2 Å². The summed E-state index contributed by atoms with van der Waals surface area (Å²) in [5.41, 5.74) is 2.20. The predicted octanol–water partition coefficient (Wildman–Crippen LogP) is 3.03. The fourth-order valence-electron chi connectivity index (χ4n) is 2.05. The molecule has 0 saturated carbocycles. The van der Waals surface area contributed by atoms with E-state index < -0.39 is 5.97 Å². The van der Waals surface area contributed by atoms with Crippen LogP contribution in [-0.2, 0) is 17.8 Å². The van der Waals surface area contributed by atoms with Crippen molar-refractivity contribution in [2.75, 3.05) is 0 Å². The second kappa shape index (κ2) is 5.66. The van der Waals surface area contributed by atoms with Gasteiger partial charge < -0.3 is 14.3 Å². The number of nitrogens with zero attached hydrogens (tertiary/aromatic N) is 1. The Morgan fingerprint density at radius 3 is 2.86 bits per heavy atom. The van der Waals surface area contributed by atoms with Gasteiger partial charge in [0.05, 0.1) is 6.42 Å². The fourth-order valence-corrected chi connectivity index (χ4v) is 2.05. The molecule has 0 aliphatic heterocycles. The summed E-state index contributed by atoms with van der Waals surface area (Å²) in [5, 5.41) is 8.78. The van der Waals surface area contributed by atoms with Gasteiger partial charge >= 0.3 is 5.97 Å². The number of carbonyl (C=O) groups is 1. The molecule has 0 unspecified atom stereocenters. The molecule has 1 N–H and O–H groups in total. The summed E-state index contributed by atoms with van der Waals surface area (Å²) >= 11 is 0. The molecule has 0 amide bonds. The van der Waals surface area contributed by atoms with E-state index in [2.05, 4.69) is 4.98 Å². The second-order valence-corrected chi connectivity index (χ2v) is 4.58. The summed E-state index contributed by atoms with van der Waals surface area (Å²) in [6, 6.07) is 14.5. The highest BCUT2D eigenvalue weighted by Gasteiger charge is 2.06. The van der Waals surface area contributed by atoms with Crippen LogP contribution in [0.1, 0.15) is 11.5 Å². The zero-order valence-electron chi connectivity index (χ0n) is 11.2. The first-order valence-electron chi connectivity index (χ1n) is 6.49. The highest BCUT2D eigenvalue weighted by Crippen LogP contribution is 2.18. The van der Waals surface area contributed by atoms with Crippen molar-refractivity contribution in [1.82, 2.24) is 4.98 Å². The van der Waals surface area contributed by atoms with Crippen molar-refractivity contribution in [3.63, 3.8) is 0 Å². The molecule has 0 bridgehead atoms. The lowest BCUT2D eigenvalue weighted by atomic mass is 10.1. The molecular formula is C16H13NO4. The van der Waals surface area contributed by atoms with Gasteiger partial charge in [-0.15, -0.1) is 0 Å². The van der Waals surface area contributed by atoms with Crippen LogP contribution in [0, 0.1) is 0 Å². The SMILES string of the molecule is O=C(O)Cc1cccc(OCc2nc3ccccc3o2)c1. The summed E-state index contributed by atoms with van der Waals surface area (Å²) in [6.45, 7) is 0.200. The van der Waals surface area contributed by atoms with E-state index in [1.165, 1.54) is 0 Å². The zero-order chi connectivity index (χ0) is 14.7. The summed E-state index contributed by atoms with van der Waals surface area (Å²) in [6.07, 6.45) is -0.0277. The Bertz CT molecular complexity index is 746. The maximum Gasteiger partial charge on any atom is 0.307 e. The number of para-hydroxylation sites is 2. The van der Waals surface area contributed by atoms with Crippen molar-refractivity contribution < 1.29 is 19.1 Å². The Morgan fingerprint density at radius 2 is 2.05 bits per heavy atom. The zero-order valence-corrected chi connectivity index (χ0v) is 11.2. The van der Waals surface area contributed by atoms with Crippen molar-refractivity contribution in [2.24, 2.45) is 0 Å². The van der Waals surface area contributed by atoms with E-state index in [4.69, 9.17) is 14.3 Å². The van der Waals surface area contributed by atoms with Crippen LogP contribution in [0.15, 0.2) is 52.9 Å². The van der Waals surface area contributed by atoms with Gasteiger partial charge in [0.1, 0.15) is 11.3 Å². The number of rotatable bonds is 5. The first-order valence-corrected chi connectivity index (χ1v) is 6.49. The first kappa shape index (κ1) is 13.2. The monoisotopic (exact) mass is 283 g/mol. The van der Waals surface area contributed by atoms with Gasteiger partial charge in [-0.25, -0.2) is 4.98 Å². The molecule has 0 aliphatic carbocycles. The second-order valence-electron chi connectivity index (χ2n) is 4.58. The molecule has 0 atom stereocenters. The lowest BCUT2D eigenvalue weighted by molar-refractivity contribution is -0.136. The highest BCUT2D eigenvalue weighted by atomic mass is 16.5. The predicted molar refractivity (Wildman–Crippen MR) is 76.1 cm³/mol. The normalized spacial score (nSPS) is 10.7. The lowest BCUT2D eigenvalue weighted by Crippen LogP contribution is -2.01. The minimum absolute atomic E-state index is 0.0277. The van der Waals surface area contributed by atoms with Crippen LogP contribution >= 0.6 is 0 Å². The quantitative estimate of drug-likeness (QED) is 0.779. The number of ether oxygens (including phenoxy) is 1. The Kier molecular flexibility index (Phi) is 3.55. The summed E-state index contributed by atoms with van der Waals surface area (Å²) in [5.74, 6) is 0.210. The standard InChI is InChI=1S/C16H13NO4/c18-16(19)9-11-4-3-5-12(8-11)20-10-15-17-13-6-1-2-7-14(13)21-15/h1-8H,9-10H2,(H,18,19). The maximum atomic E-state index is 10.7. The Morgan fingerprint density at radius 1 is 1.19 bits per heavy atom. The summed E-state index contributed by atoms with van der Waals surface area (Å²) in [7, 11) is 0. The summed E-state index contributed by atoms with van der Waals surface area (Å²) < 4.78 is 11.1. The molecule has 1 heterocycles. The molecule has 1 aromatic heterocycles. The van der Waals surface area contributed by atoms with Crippen molar-refractivity contribution in [3.8, 4) is 5.75 Å². The van der Waals surface area contributed by atoms with Gasteiger partial charge in [0.2, 0.25) is 5.89 Å². The van der Waals surface area contributed by atoms with Crippen molar-refractivity contribution in [1.29, 1.82) is 0 Å². The highest BCUT2D eigenvalue weighted by molar-refractivity contribution is 5.72. The molecule has 0 saturated heterocycles. The Labute approximate surface area is 120 Å². The lowest BCUT2D eigenvalue weighted by Gasteiger charge is -2.05. The molecule has 0 radical (unpaired) electrons. The van der Waals surface area contributed by atoms with Crippen molar-refractivity contribution in [3.05, 3.63) is 60.0 Å². The van der Waals surface area contributed by atoms with Gasteiger partial charge in [-0.2, -0.15) is 0 Å². The third-order valence-corrected chi connectivity index (χ3v) is 2.95. The van der Waals surface area contributed by atoms with E-state index in [1.807, 2.05) is 24.3 Å². The van der Waals surface area contributed by atoms with Crippen LogP contribution in [0.5, 0.6) is 5.75 Å². The number of aromatic nitrogens is 1. The van der Waals surface area contributed by atoms with Crippen LogP contribution < -0.4 is 4.74 Å². The van der Waals surface area contributed by atoms with Crippen LogP contribution in [0.25, 0.3) is 11.1 Å². The van der Waals surface area contributed by atoms with Gasteiger partial charge in [0.25, 0.3) is 0 Å². The van der Waals surface area contributed by atoms with Crippen LogP contribution in [-0.4, -0.2) is 16.1 Å². The number of benzene rings is 2. The van der Waals surface area contributed by atoms with Crippen LogP contribution in [0.2, 0.25) is 0 Å². The smallest absolute Gasteiger partial charge is 0.307 e. The number of carboxylic acids is 1. The van der Waals surface area contributed by atoms with E-state index in [9.17, 15) is 4.79 Å². The molecule has 3 aromatic rings. The number of aliphatic carboxylic acids is 1. The van der Waals surface area contributed by atoms with E-state index in [1.54, 1.807) is 24.3 Å². The number of oxazole rings is 1. The molecule has 5 heteroatoms. The van der Waals surface area contributed by atoms with Gasteiger partial charge in [-0.05, 0) is 29.8 Å². The summed E-state index contributed by atoms with van der Waals surface area (Å²) in [4.78, 5) is 15.0. The number of hydrogen-bond donors (Lipinski definition) is 1. The molecule has 21 heavy (non-hydrogen) atoms. The van der Waals surface area contributed by atoms with E-state index in [0.29, 0.717) is 17.2 Å². The first-order chi connectivity index (χ1) is 10.2. The third kappa shape index (κ3) is 3.20. The largest absolute Gasteiger partial charge is 0.484 e. The Hall–Kier alpha value is -2.82. The number of fused-ring (bicyclic) bond motifs is 1. The molecule has 5 nitrogen and oxygen atoms in total. The van der Waals surface area contributed by atoms with Gasteiger partial charge in [-0.3, -0.25) is 4.79 Å². The topological polar surface area (TPSA) is 72.6 Å². The molecule has 3 rings (SSSR count). The molecule has 0 fully saturated rings. The average molecular weight is 283 g/mol. The van der Waals surface area contributed by atoms with Gasteiger partial charge in [-0.1, -0.05) is 24.3 Å². The maximum absolute atomic E-state index is 10.7. The molecular weight excluding hydrogens is 270 g/mol. The van der Waals surface area contributed by atoms with Gasteiger partial charge in [0, 0.05) is 0 Å². The minimum Gasteiger partial charge on any atom is -0.484 e. The van der Waals surface area contributed by atoms with Crippen molar-refractivity contribution in [2.45, 2.75) is 13.0 Å². The minimum atomic E-state index is -0.869. The van der Waals surface area contributed by atoms with E-state index in [-0.39, 0.29) is 13.0 Å². The van der Waals surface area contributed by atoms with E-state index >= 15 is 0 Å². The molecule has 106 valence electrons. The average Bonchev–Trinajstić information content (AvgIpc) is 2.87. The number of hydrogen-bond acceptors (Lipinski definition) is 4. The fraction of sp³-hybridized carbons (Fsp3) is 0.125. The van der Waals surface area contributed by atoms with Crippen molar-refractivity contribution >= 4 is 17.1 Å². The van der Waals surface area contributed by atoms with E-state index in [0.717, 1.165) is 11.1 Å².